The first-order valence-electron chi connectivity index (χ1n) is 3.53. The minimum Gasteiger partial charge on any atom is -0.398 e. The highest BCUT2D eigenvalue weighted by atomic mass is 127. The van der Waals surface area contributed by atoms with E-state index in [1.54, 1.807) is 0 Å². The van der Waals surface area contributed by atoms with Crippen LogP contribution in [0.3, 0.4) is 0 Å². The molecule has 0 amide bonds. The fourth-order valence-corrected chi connectivity index (χ4v) is 3.89. The molecule has 0 aliphatic heterocycles. The molecule has 3 nitrogen and oxygen atoms in total. The van der Waals surface area contributed by atoms with Crippen molar-refractivity contribution in [2.75, 3.05) is 5.73 Å². The Hall–Kier alpha value is 0.400. The van der Waals surface area contributed by atoms with Crippen LogP contribution in [0.25, 0.3) is 0 Å². The number of carbonyl (C=O) groups is 2. The lowest BCUT2D eigenvalue weighted by molar-refractivity contribution is 0.107. The molecule has 0 fully saturated rings. The molecule has 2 N–H and O–H groups in total. The standard InChI is InChI=1S/C8H3Cl2I2NO2/c9-7(14)2-1-3(13)6(12)4(5(2)11)8(10)15/h1H,13H2. The molecule has 7 heteroatoms. The zero-order chi connectivity index (χ0) is 11.7. The minimum atomic E-state index is -0.665. The van der Waals surface area contributed by atoms with Crippen molar-refractivity contribution in [2.24, 2.45) is 0 Å². The van der Waals surface area contributed by atoms with Crippen LogP contribution in [-0.2, 0) is 0 Å². The van der Waals surface area contributed by atoms with Crippen molar-refractivity contribution < 1.29 is 9.59 Å². The maximum Gasteiger partial charge on any atom is 0.254 e. The van der Waals surface area contributed by atoms with Gasteiger partial charge in [-0.15, -0.1) is 0 Å². The zero-order valence-corrected chi connectivity index (χ0v) is 12.8. The fourth-order valence-electron chi connectivity index (χ4n) is 0.973. The van der Waals surface area contributed by atoms with Crippen LogP contribution in [0, 0.1) is 7.14 Å². The molecule has 0 radical (unpaired) electrons. The summed E-state index contributed by atoms with van der Waals surface area (Å²) >= 11 is 14.5. The summed E-state index contributed by atoms with van der Waals surface area (Å²) in [5, 5.41) is -1.32. The summed E-state index contributed by atoms with van der Waals surface area (Å²) in [6.07, 6.45) is 0. The summed E-state index contributed by atoms with van der Waals surface area (Å²) in [5.74, 6) is 0. The average molecular weight is 470 g/mol. The predicted molar refractivity (Wildman–Crippen MR) is 76.7 cm³/mol. The third-order valence-corrected chi connectivity index (χ3v) is 4.31. The molecular formula is C8H3Cl2I2NO2. The molecule has 0 saturated heterocycles. The summed E-state index contributed by atoms with van der Waals surface area (Å²) < 4.78 is 0.949. The number of anilines is 1. The quantitative estimate of drug-likeness (QED) is 0.411. The molecule has 1 rings (SSSR count). The first kappa shape index (κ1) is 13.5. The van der Waals surface area contributed by atoms with Gasteiger partial charge in [-0.25, -0.2) is 0 Å². The van der Waals surface area contributed by atoms with Crippen LogP contribution in [0.4, 0.5) is 5.69 Å². The molecule has 0 aliphatic rings. The largest absolute Gasteiger partial charge is 0.398 e. The van der Waals surface area contributed by atoms with E-state index in [2.05, 4.69) is 0 Å². The summed E-state index contributed by atoms with van der Waals surface area (Å²) in [7, 11) is 0. The van der Waals surface area contributed by atoms with Crippen LogP contribution in [-0.4, -0.2) is 10.5 Å². The third kappa shape index (κ3) is 2.75. The van der Waals surface area contributed by atoms with E-state index in [9.17, 15) is 9.59 Å². The molecule has 0 spiro atoms. The first-order chi connectivity index (χ1) is 6.86. The maximum atomic E-state index is 11.2. The third-order valence-electron chi connectivity index (χ3n) is 1.64. The van der Waals surface area contributed by atoms with E-state index in [-0.39, 0.29) is 11.1 Å². The van der Waals surface area contributed by atoms with E-state index >= 15 is 0 Å². The molecule has 1 aromatic rings. The van der Waals surface area contributed by atoms with Crippen LogP contribution in [0.2, 0.25) is 0 Å². The van der Waals surface area contributed by atoms with Crippen molar-refractivity contribution in [3.8, 4) is 0 Å². The Bertz CT molecular complexity index is 462. The minimum absolute atomic E-state index is 0.194. The van der Waals surface area contributed by atoms with E-state index in [0.717, 1.165) is 0 Å². The van der Waals surface area contributed by atoms with Crippen LogP contribution < -0.4 is 5.73 Å². The molecule has 0 atom stereocenters. The average Bonchev–Trinajstić information content (AvgIpc) is 2.10. The zero-order valence-electron chi connectivity index (χ0n) is 6.98. The maximum absolute atomic E-state index is 11.2. The summed E-state index contributed by atoms with van der Waals surface area (Å²) in [4.78, 5) is 22.2. The molecule has 1 aromatic carbocycles. The van der Waals surface area contributed by atoms with Crippen molar-refractivity contribution in [1.29, 1.82) is 0 Å². The van der Waals surface area contributed by atoms with E-state index in [1.807, 2.05) is 45.2 Å². The number of benzene rings is 1. The van der Waals surface area contributed by atoms with Gasteiger partial charge in [0.25, 0.3) is 10.5 Å². The van der Waals surface area contributed by atoms with Crippen LogP contribution in [0.5, 0.6) is 0 Å². The van der Waals surface area contributed by atoms with Gasteiger partial charge in [0.1, 0.15) is 0 Å². The van der Waals surface area contributed by atoms with Crippen molar-refractivity contribution >= 4 is 84.6 Å². The van der Waals surface area contributed by atoms with E-state index in [1.165, 1.54) is 6.07 Å². The second kappa shape index (κ2) is 5.15. The van der Waals surface area contributed by atoms with Crippen molar-refractivity contribution in [3.05, 3.63) is 24.3 Å². The van der Waals surface area contributed by atoms with Crippen molar-refractivity contribution in [1.82, 2.24) is 0 Å². The molecule has 0 bridgehead atoms. The topological polar surface area (TPSA) is 60.2 Å². The van der Waals surface area contributed by atoms with Gasteiger partial charge in [0.2, 0.25) is 0 Å². The number of hydrogen-bond acceptors (Lipinski definition) is 3. The predicted octanol–water partition coefficient (Wildman–Crippen LogP) is 3.24. The van der Waals surface area contributed by atoms with Crippen LogP contribution in [0.15, 0.2) is 6.07 Å². The summed E-state index contributed by atoms with van der Waals surface area (Å²) in [6, 6.07) is 1.43. The highest BCUT2D eigenvalue weighted by molar-refractivity contribution is 14.1. The van der Waals surface area contributed by atoms with Crippen molar-refractivity contribution in [3.63, 3.8) is 0 Å². The van der Waals surface area contributed by atoms with Gasteiger partial charge in [-0.2, -0.15) is 0 Å². The second-order valence-corrected chi connectivity index (χ2v) is 5.41. The van der Waals surface area contributed by atoms with Gasteiger partial charge in [-0.05, 0) is 74.4 Å². The van der Waals surface area contributed by atoms with Gasteiger partial charge < -0.3 is 5.73 Å². The van der Waals surface area contributed by atoms with E-state index in [0.29, 0.717) is 12.8 Å². The van der Waals surface area contributed by atoms with E-state index in [4.69, 9.17) is 28.9 Å². The monoisotopic (exact) mass is 469 g/mol. The Morgan fingerprint density at radius 3 is 2.07 bits per heavy atom. The fraction of sp³-hybridized carbons (Fsp3) is 0. The second-order valence-electron chi connectivity index (χ2n) is 2.56. The Kier molecular flexibility index (Phi) is 4.63. The van der Waals surface area contributed by atoms with Crippen LogP contribution in [0.1, 0.15) is 20.7 Å². The molecule has 0 unspecified atom stereocenters. The number of nitrogen functional groups attached to an aromatic ring is 1. The molecule has 0 aromatic heterocycles. The number of rotatable bonds is 2. The first-order valence-corrected chi connectivity index (χ1v) is 6.44. The molecule has 0 heterocycles. The number of carbonyl (C=O) groups excluding carboxylic acids is 2. The lowest BCUT2D eigenvalue weighted by Gasteiger charge is -2.09. The van der Waals surface area contributed by atoms with Crippen LogP contribution >= 0.6 is 68.4 Å². The van der Waals surface area contributed by atoms with Gasteiger partial charge >= 0.3 is 0 Å². The Morgan fingerprint density at radius 2 is 1.67 bits per heavy atom. The highest BCUT2D eigenvalue weighted by Crippen LogP contribution is 2.30. The number of nitrogens with two attached hydrogens (primary N) is 1. The molecular weight excluding hydrogens is 467 g/mol. The normalized spacial score (nSPS) is 10.1. The SMILES string of the molecule is Nc1cc(C(=O)Cl)c(I)c(C(=O)Cl)c1I. The Balaban J connectivity index is 3.63. The number of hydrogen-bond donors (Lipinski definition) is 1. The molecule has 0 aliphatic carbocycles. The lowest BCUT2D eigenvalue weighted by atomic mass is 10.1. The number of halogens is 4. The van der Waals surface area contributed by atoms with Crippen molar-refractivity contribution in [2.45, 2.75) is 0 Å². The van der Waals surface area contributed by atoms with Gasteiger partial charge in [0.15, 0.2) is 0 Å². The summed E-state index contributed by atoms with van der Waals surface area (Å²) in [5.41, 5.74) is 6.36. The Morgan fingerprint density at radius 1 is 1.13 bits per heavy atom. The van der Waals surface area contributed by atoms with Gasteiger partial charge in [-0.1, -0.05) is 0 Å². The van der Waals surface area contributed by atoms with Gasteiger partial charge in [-0.3, -0.25) is 9.59 Å². The molecule has 80 valence electrons. The summed E-state index contributed by atoms with van der Waals surface area (Å²) in [6.45, 7) is 0. The highest BCUT2D eigenvalue weighted by Gasteiger charge is 2.20. The Labute approximate surface area is 123 Å². The molecule has 0 saturated carbocycles. The lowest BCUT2D eigenvalue weighted by Crippen LogP contribution is -2.07. The van der Waals surface area contributed by atoms with Gasteiger partial charge in [0, 0.05) is 12.8 Å². The smallest absolute Gasteiger partial charge is 0.254 e. The van der Waals surface area contributed by atoms with Gasteiger partial charge in [0.05, 0.1) is 11.1 Å². The molecule has 15 heavy (non-hydrogen) atoms. The van der Waals surface area contributed by atoms with E-state index < -0.39 is 10.5 Å².